The molecule has 1 fully saturated rings. The number of hydrogen-bond acceptors (Lipinski definition) is 4. The van der Waals surface area contributed by atoms with Crippen LogP contribution in [-0.2, 0) is 14.6 Å². The number of hydrogen-bond donors (Lipinski definition) is 2. The predicted molar refractivity (Wildman–Crippen MR) is 56.5 cm³/mol. The van der Waals surface area contributed by atoms with Gasteiger partial charge in [0.05, 0.1) is 11.7 Å². The standard InChI is InChI=1S/C9H17NO4S/c1-6(5-15(2,13)14)10-8-4-3-7(8)9(11)12/h6-8,10H,3-5H2,1-2H3,(H,11,12). The molecule has 2 N–H and O–H groups in total. The van der Waals surface area contributed by atoms with E-state index in [4.69, 9.17) is 5.11 Å². The molecule has 0 amide bonds. The Morgan fingerprint density at radius 2 is 2.13 bits per heavy atom. The van der Waals surface area contributed by atoms with Gasteiger partial charge in [0.15, 0.2) is 0 Å². The first-order valence-corrected chi connectivity index (χ1v) is 7.02. The summed E-state index contributed by atoms with van der Waals surface area (Å²) in [5, 5.41) is 11.8. The lowest BCUT2D eigenvalue weighted by atomic mass is 9.79. The molecule has 88 valence electrons. The van der Waals surface area contributed by atoms with E-state index in [1.807, 2.05) is 0 Å². The summed E-state index contributed by atoms with van der Waals surface area (Å²) in [6.07, 6.45) is 2.67. The summed E-state index contributed by atoms with van der Waals surface area (Å²) in [6.45, 7) is 1.76. The van der Waals surface area contributed by atoms with Crippen molar-refractivity contribution in [1.82, 2.24) is 5.32 Å². The SMILES string of the molecule is CC(CS(C)(=O)=O)NC1CCC1C(=O)O. The van der Waals surface area contributed by atoms with Gasteiger partial charge in [-0.15, -0.1) is 0 Å². The second-order valence-electron chi connectivity index (χ2n) is 4.29. The number of nitrogens with one attached hydrogen (secondary N) is 1. The van der Waals surface area contributed by atoms with Gasteiger partial charge in [-0.3, -0.25) is 4.79 Å². The number of carbonyl (C=O) groups is 1. The zero-order valence-corrected chi connectivity index (χ0v) is 9.75. The van der Waals surface area contributed by atoms with Crippen molar-refractivity contribution >= 4 is 15.8 Å². The molecule has 1 aliphatic carbocycles. The zero-order valence-electron chi connectivity index (χ0n) is 8.93. The van der Waals surface area contributed by atoms with E-state index in [1.54, 1.807) is 6.92 Å². The van der Waals surface area contributed by atoms with Crippen LogP contribution in [0.3, 0.4) is 0 Å². The van der Waals surface area contributed by atoms with Gasteiger partial charge in [0.25, 0.3) is 0 Å². The molecule has 0 radical (unpaired) electrons. The Morgan fingerprint density at radius 3 is 2.47 bits per heavy atom. The second kappa shape index (κ2) is 4.49. The van der Waals surface area contributed by atoms with Gasteiger partial charge < -0.3 is 10.4 Å². The smallest absolute Gasteiger partial charge is 0.308 e. The van der Waals surface area contributed by atoms with Gasteiger partial charge in [-0.25, -0.2) is 8.42 Å². The Kier molecular flexibility index (Phi) is 3.72. The molecular weight excluding hydrogens is 218 g/mol. The van der Waals surface area contributed by atoms with Crippen molar-refractivity contribution in [2.24, 2.45) is 5.92 Å². The van der Waals surface area contributed by atoms with E-state index in [0.29, 0.717) is 6.42 Å². The minimum Gasteiger partial charge on any atom is -0.481 e. The number of rotatable bonds is 5. The van der Waals surface area contributed by atoms with Crippen LogP contribution in [0.1, 0.15) is 19.8 Å². The molecule has 1 saturated carbocycles. The minimum absolute atomic E-state index is 0.0514. The number of aliphatic carboxylic acids is 1. The average molecular weight is 235 g/mol. The highest BCUT2D eigenvalue weighted by Gasteiger charge is 2.37. The lowest BCUT2D eigenvalue weighted by molar-refractivity contribution is -0.146. The van der Waals surface area contributed by atoms with Crippen LogP contribution in [0.4, 0.5) is 0 Å². The van der Waals surface area contributed by atoms with E-state index >= 15 is 0 Å². The lowest BCUT2D eigenvalue weighted by Gasteiger charge is -2.36. The van der Waals surface area contributed by atoms with Crippen molar-refractivity contribution < 1.29 is 18.3 Å². The molecule has 0 saturated heterocycles. The third-order valence-corrected chi connectivity index (χ3v) is 3.75. The molecule has 1 aliphatic rings. The number of carboxylic acid groups (broad SMARTS) is 1. The minimum atomic E-state index is -3.00. The van der Waals surface area contributed by atoms with E-state index in [1.165, 1.54) is 6.26 Å². The monoisotopic (exact) mass is 235 g/mol. The fourth-order valence-corrected chi connectivity index (χ4v) is 2.87. The molecule has 0 aliphatic heterocycles. The maximum Gasteiger partial charge on any atom is 0.308 e. The average Bonchev–Trinajstić information content (AvgIpc) is 1.93. The summed E-state index contributed by atoms with van der Waals surface area (Å²) in [6, 6.07) is -0.258. The predicted octanol–water partition coefficient (Wildman–Crippen LogP) is -0.128. The zero-order chi connectivity index (χ0) is 11.6. The van der Waals surface area contributed by atoms with Crippen LogP contribution < -0.4 is 5.32 Å². The van der Waals surface area contributed by atoms with Crippen molar-refractivity contribution in [3.63, 3.8) is 0 Å². The van der Waals surface area contributed by atoms with Crippen LogP contribution in [0, 0.1) is 5.92 Å². The molecule has 0 aromatic carbocycles. The van der Waals surface area contributed by atoms with Gasteiger partial charge in [-0.2, -0.15) is 0 Å². The Balaban J connectivity index is 2.39. The van der Waals surface area contributed by atoms with Crippen LogP contribution in [0.2, 0.25) is 0 Å². The summed E-state index contributed by atoms with van der Waals surface area (Å²) in [7, 11) is -3.00. The molecular formula is C9H17NO4S. The van der Waals surface area contributed by atoms with Crippen molar-refractivity contribution in [2.75, 3.05) is 12.0 Å². The Hall–Kier alpha value is -0.620. The number of carboxylic acids is 1. The van der Waals surface area contributed by atoms with Crippen LogP contribution in [0.15, 0.2) is 0 Å². The van der Waals surface area contributed by atoms with Gasteiger partial charge in [0.2, 0.25) is 0 Å². The lowest BCUT2D eigenvalue weighted by Crippen LogP contribution is -2.52. The van der Waals surface area contributed by atoms with E-state index in [0.717, 1.165) is 6.42 Å². The third-order valence-electron chi connectivity index (χ3n) is 2.64. The van der Waals surface area contributed by atoms with Crippen molar-refractivity contribution in [2.45, 2.75) is 31.8 Å². The van der Waals surface area contributed by atoms with Crippen LogP contribution >= 0.6 is 0 Å². The normalized spacial score (nSPS) is 28.1. The molecule has 0 spiro atoms. The Morgan fingerprint density at radius 1 is 1.53 bits per heavy atom. The third kappa shape index (κ3) is 3.79. The first-order valence-electron chi connectivity index (χ1n) is 4.96. The fraction of sp³-hybridized carbons (Fsp3) is 0.889. The van der Waals surface area contributed by atoms with E-state index in [9.17, 15) is 13.2 Å². The molecule has 3 atom stereocenters. The Labute approximate surface area is 89.8 Å². The molecule has 5 nitrogen and oxygen atoms in total. The molecule has 0 aromatic rings. The molecule has 1 rings (SSSR count). The molecule has 3 unspecified atom stereocenters. The molecule has 0 heterocycles. The maximum absolute atomic E-state index is 11.0. The maximum atomic E-state index is 11.0. The van der Waals surface area contributed by atoms with Gasteiger partial charge in [0.1, 0.15) is 9.84 Å². The highest BCUT2D eigenvalue weighted by Crippen LogP contribution is 2.27. The highest BCUT2D eigenvalue weighted by atomic mass is 32.2. The van der Waals surface area contributed by atoms with E-state index < -0.39 is 15.8 Å². The summed E-state index contributed by atoms with van der Waals surface area (Å²) in [4.78, 5) is 10.7. The molecule has 15 heavy (non-hydrogen) atoms. The summed E-state index contributed by atoms with van der Waals surface area (Å²) in [5.74, 6) is -1.10. The molecule has 0 aromatic heterocycles. The van der Waals surface area contributed by atoms with E-state index in [2.05, 4.69) is 5.32 Å². The summed E-state index contributed by atoms with van der Waals surface area (Å²) < 4.78 is 22.0. The van der Waals surface area contributed by atoms with Gasteiger partial charge >= 0.3 is 5.97 Å². The van der Waals surface area contributed by atoms with Crippen molar-refractivity contribution in [1.29, 1.82) is 0 Å². The quantitative estimate of drug-likeness (QED) is 0.693. The first kappa shape index (κ1) is 12.4. The first-order chi connectivity index (χ1) is 6.79. The topological polar surface area (TPSA) is 83.5 Å². The molecule has 0 bridgehead atoms. The summed E-state index contributed by atoms with van der Waals surface area (Å²) >= 11 is 0. The highest BCUT2D eigenvalue weighted by molar-refractivity contribution is 7.90. The Bertz CT molecular complexity index is 338. The van der Waals surface area contributed by atoms with Crippen LogP contribution in [-0.4, -0.2) is 43.6 Å². The fourth-order valence-electron chi connectivity index (χ4n) is 1.86. The second-order valence-corrected chi connectivity index (χ2v) is 6.47. The summed E-state index contributed by atoms with van der Waals surface area (Å²) in [5.41, 5.74) is 0. The van der Waals surface area contributed by atoms with Gasteiger partial charge in [-0.1, -0.05) is 0 Å². The van der Waals surface area contributed by atoms with Gasteiger partial charge in [0, 0.05) is 18.3 Å². The number of sulfone groups is 1. The largest absolute Gasteiger partial charge is 0.481 e. The van der Waals surface area contributed by atoms with Crippen molar-refractivity contribution in [3.8, 4) is 0 Å². The van der Waals surface area contributed by atoms with Crippen LogP contribution in [0.25, 0.3) is 0 Å². The molecule has 6 heteroatoms. The van der Waals surface area contributed by atoms with Crippen LogP contribution in [0.5, 0.6) is 0 Å². The van der Waals surface area contributed by atoms with Crippen molar-refractivity contribution in [3.05, 3.63) is 0 Å². The van der Waals surface area contributed by atoms with E-state index in [-0.39, 0.29) is 23.8 Å². The van der Waals surface area contributed by atoms with Gasteiger partial charge in [-0.05, 0) is 19.8 Å².